The lowest BCUT2D eigenvalue weighted by Gasteiger charge is -2.26. The number of rotatable bonds is 3. The van der Waals surface area contributed by atoms with Gasteiger partial charge in [-0.15, -0.1) is 0 Å². The number of anilines is 1. The minimum Gasteiger partial charge on any atom is -0.398 e. The van der Waals surface area contributed by atoms with E-state index in [1.54, 1.807) is 44.3 Å². The number of halogens is 2. The van der Waals surface area contributed by atoms with Crippen LogP contribution in [0.2, 0.25) is 5.02 Å². The normalized spacial score (nSPS) is 12.0. The number of nitrogens with zero attached hydrogens (tertiary/aromatic N) is 1. The summed E-state index contributed by atoms with van der Waals surface area (Å²) in [6, 6.07) is 10.7. The summed E-state index contributed by atoms with van der Waals surface area (Å²) in [6.07, 6.45) is 0. The van der Waals surface area contributed by atoms with Crippen LogP contribution in [0.25, 0.3) is 0 Å². The molecule has 2 N–H and O–H groups in total. The predicted molar refractivity (Wildman–Crippen MR) is 82.8 cm³/mol. The Bertz CT molecular complexity index is 675. The van der Waals surface area contributed by atoms with Crippen molar-refractivity contribution in [3.8, 4) is 0 Å². The second kappa shape index (κ2) is 6.14. The minimum absolute atomic E-state index is 0.243. The Labute approximate surface area is 128 Å². The zero-order valence-electron chi connectivity index (χ0n) is 11.8. The molecular formula is C16H16ClFN2O. The van der Waals surface area contributed by atoms with E-state index in [1.807, 2.05) is 0 Å². The molecule has 2 rings (SSSR count). The summed E-state index contributed by atoms with van der Waals surface area (Å²) in [5.41, 5.74) is 6.93. The maximum Gasteiger partial charge on any atom is 0.254 e. The number of carbonyl (C=O) groups excluding carboxylic acids is 1. The Morgan fingerprint density at radius 1 is 1.29 bits per heavy atom. The highest BCUT2D eigenvalue weighted by atomic mass is 35.5. The Morgan fingerprint density at radius 3 is 2.57 bits per heavy atom. The van der Waals surface area contributed by atoms with E-state index in [4.69, 9.17) is 17.3 Å². The van der Waals surface area contributed by atoms with Gasteiger partial charge in [-0.2, -0.15) is 0 Å². The third-order valence-corrected chi connectivity index (χ3v) is 3.83. The maximum atomic E-state index is 13.8. The highest BCUT2D eigenvalue weighted by Gasteiger charge is 2.21. The van der Waals surface area contributed by atoms with E-state index in [2.05, 4.69) is 0 Å². The van der Waals surface area contributed by atoms with Crippen molar-refractivity contribution in [3.63, 3.8) is 0 Å². The van der Waals surface area contributed by atoms with Crippen molar-refractivity contribution in [2.45, 2.75) is 13.0 Å². The average Bonchev–Trinajstić information content (AvgIpc) is 2.48. The van der Waals surface area contributed by atoms with Gasteiger partial charge >= 0.3 is 0 Å². The van der Waals surface area contributed by atoms with Gasteiger partial charge in [-0.3, -0.25) is 4.79 Å². The molecule has 0 aliphatic heterocycles. The van der Waals surface area contributed by atoms with Gasteiger partial charge in [0.15, 0.2) is 0 Å². The van der Waals surface area contributed by atoms with Crippen molar-refractivity contribution in [3.05, 3.63) is 64.4 Å². The molecular weight excluding hydrogens is 291 g/mol. The molecule has 110 valence electrons. The van der Waals surface area contributed by atoms with Gasteiger partial charge in [0.05, 0.1) is 16.8 Å². The molecule has 1 atom stereocenters. The van der Waals surface area contributed by atoms with Gasteiger partial charge in [0.25, 0.3) is 5.91 Å². The predicted octanol–water partition coefficient (Wildman–Crippen LogP) is 3.89. The number of hydrogen-bond acceptors (Lipinski definition) is 2. The van der Waals surface area contributed by atoms with Crippen LogP contribution in [0.4, 0.5) is 10.1 Å². The van der Waals surface area contributed by atoms with Crippen LogP contribution in [0.1, 0.15) is 28.9 Å². The molecule has 0 spiro atoms. The summed E-state index contributed by atoms with van der Waals surface area (Å²) < 4.78 is 13.8. The number of carbonyl (C=O) groups is 1. The van der Waals surface area contributed by atoms with Crippen molar-refractivity contribution in [1.29, 1.82) is 0 Å². The Morgan fingerprint density at radius 2 is 1.95 bits per heavy atom. The van der Waals surface area contributed by atoms with Gasteiger partial charge in [-0.1, -0.05) is 29.8 Å². The topological polar surface area (TPSA) is 46.3 Å². The number of hydrogen-bond donors (Lipinski definition) is 1. The smallest absolute Gasteiger partial charge is 0.254 e. The summed E-state index contributed by atoms with van der Waals surface area (Å²) in [4.78, 5) is 13.9. The SMILES string of the molecule is CC(c1ccccc1F)N(C)C(=O)c1ccc(N)c(Cl)c1. The molecule has 1 unspecified atom stereocenters. The van der Waals surface area contributed by atoms with Crippen LogP contribution in [-0.2, 0) is 0 Å². The molecule has 0 fully saturated rings. The molecule has 0 saturated carbocycles. The molecule has 0 saturated heterocycles. The van der Waals surface area contributed by atoms with Crippen molar-refractivity contribution in [1.82, 2.24) is 4.90 Å². The molecule has 3 nitrogen and oxygen atoms in total. The quantitative estimate of drug-likeness (QED) is 0.874. The van der Waals surface area contributed by atoms with Crippen LogP contribution in [0.5, 0.6) is 0 Å². The first-order valence-corrected chi connectivity index (χ1v) is 6.86. The summed E-state index contributed by atoms with van der Waals surface area (Å²) in [7, 11) is 1.63. The number of nitrogens with two attached hydrogens (primary N) is 1. The summed E-state index contributed by atoms with van der Waals surface area (Å²) in [5.74, 6) is -0.576. The van der Waals surface area contributed by atoms with Crippen molar-refractivity contribution < 1.29 is 9.18 Å². The zero-order valence-corrected chi connectivity index (χ0v) is 12.6. The van der Waals surface area contributed by atoms with Gasteiger partial charge in [-0.25, -0.2) is 4.39 Å². The fourth-order valence-electron chi connectivity index (χ4n) is 2.06. The second-order valence-electron chi connectivity index (χ2n) is 4.85. The Kier molecular flexibility index (Phi) is 4.48. The largest absolute Gasteiger partial charge is 0.398 e. The molecule has 0 aromatic heterocycles. The van der Waals surface area contributed by atoms with Crippen LogP contribution in [0.3, 0.4) is 0 Å². The van der Waals surface area contributed by atoms with Crippen LogP contribution < -0.4 is 5.73 Å². The zero-order chi connectivity index (χ0) is 15.6. The van der Waals surface area contributed by atoms with E-state index >= 15 is 0 Å². The van der Waals surface area contributed by atoms with E-state index in [1.165, 1.54) is 17.0 Å². The first kappa shape index (κ1) is 15.3. The van der Waals surface area contributed by atoms with Gasteiger partial charge in [0, 0.05) is 18.2 Å². The number of benzene rings is 2. The van der Waals surface area contributed by atoms with E-state index in [-0.39, 0.29) is 11.7 Å². The highest BCUT2D eigenvalue weighted by molar-refractivity contribution is 6.33. The first-order valence-electron chi connectivity index (χ1n) is 6.48. The lowest BCUT2D eigenvalue weighted by atomic mass is 10.1. The van der Waals surface area contributed by atoms with Crippen LogP contribution >= 0.6 is 11.6 Å². The molecule has 0 aliphatic rings. The summed E-state index contributed by atoms with van der Waals surface area (Å²) >= 11 is 5.93. The van der Waals surface area contributed by atoms with Crippen LogP contribution in [0.15, 0.2) is 42.5 Å². The molecule has 21 heavy (non-hydrogen) atoms. The molecule has 0 aliphatic carbocycles. The summed E-state index contributed by atoms with van der Waals surface area (Å²) in [6.45, 7) is 1.77. The van der Waals surface area contributed by atoms with Crippen molar-refractivity contribution in [2.24, 2.45) is 0 Å². The molecule has 0 radical (unpaired) electrons. The lowest BCUT2D eigenvalue weighted by Crippen LogP contribution is -2.30. The second-order valence-corrected chi connectivity index (χ2v) is 5.26. The molecule has 2 aromatic carbocycles. The van der Waals surface area contributed by atoms with Gasteiger partial charge in [-0.05, 0) is 31.2 Å². The minimum atomic E-state index is -0.393. The van der Waals surface area contributed by atoms with Gasteiger partial charge in [0.2, 0.25) is 0 Å². The van der Waals surface area contributed by atoms with E-state index in [0.717, 1.165) is 0 Å². The molecule has 1 amide bonds. The summed E-state index contributed by atoms with van der Waals surface area (Å²) in [5, 5.41) is 0.327. The van der Waals surface area contributed by atoms with Crippen LogP contribution in [-0.4, -0.2) is 17.9 Å². The van der Waals surface area contributed by atoms with Crippen molar-refractivity contribution in [2.75, 3.05) is 12.8 Å². The molecule has 2 aromatic rings. The number of nitrogen functional groups attached to an aromatic ring is 1. The molecule has 5 heteroatoms. The highest BCUT2D eigenvalue weighted by Crippen LogP contribution is 2.25. The standard InChI is InChI=1S/C16H16ClFN2O/c1-10(12-5-3-4-6-14(12)18)20(2)16(21)11-7-8-15(19)13(17)9-11/h3-10H,19H2,1-2H3. The van der Waals surface area contributed by atoms with Crippen molar-refractivity contribution >= 4 is 23.2 Å². The molecule has 0 bridgehead atoms. The fourth-order valence-corrected chi connectivity index (χ4v) is 2.24. The third kappa shape index (κ3) is 3.16. The Balaban J connectivity index is 2.26. The van der Waals surface area contributed by atoms with Gasteiger partial charge in [0.1, 0.15) is 5.82 Å². The van der Waals surface area contributed by atoms with E-state index in [0.29, 0.717) is 21.8 Å². The Hall–Kier alpha value is -2.07. The average molecular weight is 307 g/mol. The monoisotopic (exact) mass is 306 g/mol. The maximum absolute atomic E-state index is 13.8. The molecule has 0 heterocycles. The fraction of sp³-hybridized carbons (Fsp3) is 0.188. The van der Waals surface area contributed by atoms with Gasteiger partial charge < -0.3 is 10.6 Å². The third-order valence-electron chi connectivity index (χ3n) is 3.50. The first-order chi connectivity index (χ1) is 9.91. The van der Waals surface area contributed by atoms with E-state index in [9.17, 15) is 9.18 Å². The van der Waals surface area contributed by atoms with E-state index < -0.39 is 6.04 Å². The lowest BCUT2D eigenvalue weighted by molar-refractivity contribution is 0.0740. The number of amides is 1. The van der Waals surface area contributed by atoms with Crippen LogP contribution in [0, 0.1) is 5.82 Å².